The quantitative estimate of drug-likeness (QED) is 0.0877. The number of likely N-dealkylation sites (tertiary alicyclic amines) is 1. The monoisotopic (exact) mass is 815 g/mol. The van der Waals surface area contributed by atoms with Crippen LogP contribution in [-0.2, 0) is 33.9 Å². The number of ether oxygens (including phenoxy) is 2. The van der Waals surface area contributed by atoms with E-state index in [1.807, 2.05) is 0 Å². The van der Waals surface area contributed by atoms with E-state index in [0.717, 1.165) is 51.4 Å². The molecular formula is C41H61N5O10S. The maximum absolute atomic E-state index is 14.0. The zero-order chi connectivity index (χ0) is 41.8. The van der Waals surface area contributed by atoms with Crippen molar-refractivity contribution in [2.24, 2.45) is 16.7 Å². The van der Waals surface area contributed by atoms with Crippen molar-refractivity contribution >= 4 is 45.7 Å². The number of unbranched alkanes of at least 4 members (excludes halogenated alkanes) is 4. The van der Waals surface area contributed by atoms with Crippen molar-refractivity contribution in [1.82, 2.24) is 20.3 Å². The number of carbonyl (C=O) groups excluding carboxylic acids is 4. The Morgan fingerprint density at radius 1 is 1.02 bits per heavy atom. The SMILES string of the molecule is C=CC1CC1(NC(=O)[C@@H]1C[C@@]2(CN1C(=O)OC(C)(C)C)CC2(C)C)C(=O)NS(=O)(=O)c1ccccc1NCCCCCCC[C@H](NC(=O)OC1CCCC1)C(=O)O. The van der Waals surface area contributed by atoms with E-state index in [4.69, 9.17) is 9.47 Å². The lowest BCUT2D eigenvalue weighted by atomic mass is 9.93. The molecule has 1 saturated heterocycles. The second-order valence-electron chi connectivity index (χ2n) is 17.9. The first-order chi connectivity index (χ1) is 26.7. The topological polar surface area (TPSA) is 210 Å². The van der Waals surface area contributed by atoms with Gasteiger partial charge in [0.05, 0.1) is 5.69 Å². The number of nitrogens with zero attached hydrogens (tertiary/aromatic N) is 1. The molecule has 1 spiro atoms. The number of hydrogen-bond acceptors (Lipinski definition) is 10. The first-order valence-corrected chi connectivity index (χ1v) is 21.8. The number of aliphatic carboxylic acids is 1. The van der Waals surface area contributed by atoms with Gasteiger partial charge in [0.1, 0.15) is 34.2 Å². The number of carboxylic acid groups (broad SMARTS) is 1. The third kappa shape index (κ3) is 10.6. The van der Waals surface area contributed by atoms with Gasteiger partial charge in [-0.3, -0.25) is 14.5 Å². The molecule has 4 fully saturated rings. The summed E-state index contributed by atoms with van der Waals surface area (Å²) in [4.78, 5) is 66.2. The molecule has 5 atom stereocenters. The van der Waals surface area contributed by atoms with Gasteiger partial charge in [-0.25, -0.2) is 27.5 Å². The van der Waals surface area contributed by atoms with Gasteiger partial charge in [0, 0.05) is 19.0 Å². The van der Waals surface area contributed by atoms with Gasteiger partial charge in [0.2, 0.25) is 5.91 Å². The zero-order valence-electron chi connectivity index (χ0n) is 34.0. The van der Waals surface area contributed by atoms with Gasteiger partial charge in [-0.2, -0.15) is 0 Å². The summed E-state index contributed by atoms with van der Waals surface area (Å²) in [5.74, 6) is -3.05. The molecule has 5 rings (SSSR count). The largest absolute Gasteiger partial charge is 0.480 e. The summed E-state index contributed by atoms with van der Waals surface area (Å²) in [5, 5.41) is 18.0. The molecule has 16 heteroatoms. The van der Waals surface area contributed by atoms with E-state index in [9.17, 15) is 37.5 Å². The number of anilines is 1. The molecule has 0 bridgehead atoms. The number of hydrogen-bond donors (Lipinski definition) is 5. The van der Waals surface area contributed by atoms with Gasteiger partial charge in [0.15, 0.2) is 0 Å². The predicted octanol–water partition coefficient (Wildman–Crippen LogP) is 5.85. The predicted molar refractivity (Wildman–Crippen MR) is 213 cm³/mol. The number of amides is 4. The van der Waals surface area contributed by atoms with Crippen LogP contribution in [-0.4, -0.2) is 90.8 Å². The lowest BCUT2D eigenvalue weighted by Gasteiger charge is -2.29. The molecule has 0 aromatic heterocycles. The summed E-state index contributed by atoms with van der Waals surface area (Å²) in [6.07, 6.45) is 9.01. The van der Waals surface area contributed by atoms with E-state index in [0.29, 0.717) is 38.0 Å². The van der Waals surface area contributed by atoms with Crippen LogP contribution in [0.4, 0.5) is 15.3 Å². The Kier molecular flexibility index (Phi) is 13.3. The second kappa shape index (κ2) is 17.3. The highest BCUT2D eigenvalue weighted by atomic mass is 32.2. The van der Waals surface area contributed by atoms with Crippen LogP contribution in [0.3, 0.4) is 0 Å². The molecule has 1 aliphatic heterocycles. The van der Waals surface area contributed by atoms with Crippen molar-refractivity contribution in [3.05, 3.63) is 36.9 Å². The molecule has 0 radical (unpaired) electrons. The second-order valence-corrected chi connectivity index (χ2v) is 19.6. The number of carbonyl (C=O) groups is 5. The third-order valence-electron chi connectivity index (χ3n) is 12.1. The number of alkyl carbamates (subject to hydrolysis) is 1. The highest BCUT2D eigenvalue weighted by Gasteiger charge is 2.68. The number of nitrogens with one attached hydrogen (secondary N) is 4. The van der Waals surface area contributed by atoms with Crippen LogP contribution in [0.25, 0.3) is 0 Å². The molecule has 2 unspecified atom stereocenters. The van der Waals surface area contributed by atoms with Crippen molar-refractivity contribution < 1.29 is 47.0 Å². The summed E-state index contributed by atoms with van der Waals surface area (Å²) < 4.78 is 40.6. The number of para-hydroxylation sites is 1. The van der Waals surface area contributed by atoms with Gasteiger partial charge in [-0.15, -0.1) is 6.58 Å². The number of sulfonamides is 1. The van der Waals surface area contributed by atoms with Gasteiger partial charge in [0.25, 0.3) is 15.9 Å². The average Bonchev–Trinajstić information content (AvgIpc) is 3.71. The van der Waals surface area contributed by atoms with Crippen molar-refractivity contribution in [2.75, 3.05) is 18.4 Å². The standard InChI is InChI=1S/C41H61N5O10S/c1-7-27-23-41(27,44-33(47)31-24-40(25-39(40,5)6)26-46(31)37(52)56-38(2,3)4)35(50)45-57(53,54)32-21-15-14-19-29(32)42-22-16-10-8-9-11-20-30(34(48)49)43-36(51)55-28-17-12-13-18-28/h7,14-15,19,21,27-28,30-31,42H,1,8-13,16-18,20,22-26H2,2-6H3,(H,43,51)(H,44,47)(H,45,50)(H,48,49)/t27?,30-,31-,40-,41?/m0/s1. The Labute approximate surface area is 336 Å². The van der Waals surface area contributed by atoms with Gasteiger partial charge in [-0.05, 0) is 102 Å². The van der Waals surface area contributed by atoms with Gasteiger partial charge >= 0.3 is 18.2 Å². The van der Waals surface area contributed by atoms with Gasteiger partial charge < -0.3 is 30.5 Å². The van der Waals surface area contributed by atoms with E-state index in [-0.39, 0.29) is 34.7 Å². The van der Waals surface area contributed by atoms with Crippen LogP contribution in [0.15, 0.2) is 41.8 Å². The van der Waals surface area contributed by atoms with Gasteiger partial charge in [-0.1, -0.05) is 57.7 Å². The smallest absolute Gasteiger partial charge is 0.410 e. The van der Waals surface area contributed by atoms with Crippen molar-refractivity contribution in [3.63, 3.8) is 0 Å². The van der Waals surface area contributed by atoms with Crippen molar-refractivity contribution in [3.8, 4) is 0 Å². The zero-order valence-corrected chi connectivity index (χ0v) is 34.8. The number of rotatable bonds is 18. The molecule has 4 aliphatic rings. The molecule has 15 nitrogen and oxygen atoms in total. The summed E-state index contributed by atoms with van der Waals surface area (Å²) in [5.41, 5.74) is -2.35. The van der Waals surface area contributed by atoms with Crippen LogP contribution in [0, 0.1) is 16.7 Å². The van der Waals surface area contributed by atoms with Crippen LogP contribution in [0.5, 0.6) is 0 Å². The lowest BCUT2D eigenvalue weighted by molar-refractivity contribution is -0.139. The van der Waals surface area contributed by atoms with Crippen LogP contribution < -0.4 is 20.7 Å². The minimum atomic E-state index is -4.39. The minimum Gasteiger partial charge on any atom is -0.480 e. The molecule has 316 valence electrons. The molecule has 5 N–H and O–H groups in total. The van der Waals surface area contributed by atoms with E-state index in [2.05, 4.69) is 41.1 Å². The maximum atomic E-state index is 14.0. The fourth-order valence-corrected chi connectivity index (χ4v) is 9.64. The Morgan fingerprint density at radius 2 is 1.67 bits per heavy atom. The van der Waals surface area contributed by atoms with E-state index < -0.39 is 69.1 Å². The Balaban J connectivity index is 1.12. The van der Waals surface area contributed by atoms with Crippen LogP contribution in [0.1, 0.15) is 118 Å². The summed E-state index contributed by atoms with van der Waals surface area (Å²) in [6, 6.07) is 4.33. The highest BCUT2D eigenvalue weighted by Crippen LogP contribution is 2.69. The molecular weight excluding hydrogens is 755 g/mol. The van der Waals surface area contributed by atoms with Crippen LogP contribution in [0.2, 0.25) is 0 Å². The molecule has 3 aliphatic carbocycles. The van der Waals surface area contributed by atoms with Crippen molar-refractivity contribution in [1.29, 1.82) is 0 Å². The summed E-state index contributed by atoms with van der Waals surface area (Å²) in [6.45, 7) is 14.0. The molecule has 1 aromatic carbocycles. The number of benzene rings is 1. The Morgan fingerprint density at radius 3 is 2.28 bits per heavy atom. The van der Waals surface area contributed by atoms with Crippen molar-refractivity contribution in [2.45, 2.75) is 152 Å². The Bertz CT molecular complexity index is 1810. The fraction of sp³-hybridized carbons (Fsp3) is 0.683. The first-order valence-electron chi connectivity index (χ1n) is 20.3. The van der Waals surface area contributed by atoms with E-state index >= 15 is 0 Å². The first kappa shape index (κ1) is 43.8. The molecule has 57 heavy (non-hydrogen) atoms. The third-order valence-corrected chi connectivity index (χ3v) is 13.4. The molecule has 1 heterocycles. The molecule has 3 saturated carbocycles. The normalized spacial score (nSPS) is 25.6. The summed E-state index contributed by atoms with van der Waals surface area (Å²) >= 11 is 0. The summed E-state index contributed by atoms with van der Waals surface area (Å²) in [7, 11) is -4.39. The highest BCUT2D eigenvalue weighted by molar-refractivity contribution is 7.90. The van der Waals surface area contributed by atoms with Crippen LogP contribution >= 0.6 is 0 Å². The minimum absolute atomic E-state index is 0.0746. The molecule has 1 aromatic rings. The maximum Gasteiger partial charge on any atom is 0.410 e. The van der Waals surface area contributed by atoms with E-state index in [1.165, 1.54) is 17.0 Å². The number of carboxylic acids is 1. The lowest BCUT2D eigenvalue weighted by Crippen LogP contribution is -2.56. The molecule has 4 amide bonds. The fourth-order valence-electron chi connectivity index (χ4n) is 8.42. The van der Waals surface area contributed by atoms with E-state index in [1.54, 1.807) is 39.0 Å². The Hall–Kier alpha value is -4.34. The average molecular weight is 816 g/mol.